The highest BCUT2D eigenvalue weighted by Gasteiger charge is 2.40. The molecule has 0 fully saturated rings. The van der Waals surface area contributed by atoms with E-state index in [4.69, 9.17) is 9.72 Å². The normalized spacial score (nSPS) is 13.2. The summed E-state index contributed by atoms with van der Waals surface area (Å²) in [5.74, 6) is -1.93. The Bertz CT molecular complexity index is 1620. The smallest absolute Gasteiger partial charge is 0.299 e. The fourth-order valence-corrected chi connectivity index (χ4v) is 5.74. The zero-order valence-electron chi connectivity index (χ0n) is 23.4. The number of amides is 3. The predicted molar refractivity (Wildman–Crippen MR) is 161 cm³/mol. The third-order valence-corrected chi connectivity index (χ3v) is 7.85. The van der Waals surface area contributed by atoms with Gasteiger partial charge in [0.15, 0.2) is 0 Å². The summed E-state index contributed by atoms with van der Waals surface area (Å²) in [6.45, 7) is 3.37. The maximum Gasteiger partial charge on any atom is 0.299 e. The lowest BCUT2D eigenvalue weighted by Gasteiger charge is -2.34. The summed E-state index contributed by atoms with van der Waals surface area (Å²) in [4.78, 5) is 60.6. The van der Waals surface area contributed by atoms with Crippen LogP contribution in [0.4, 0.5) is 11.4 Å². The fraction of sp³-hybridized carbons (Fsp3) is 0.219. The number of nitrogens with one attached hydrogen (secondary N) is 1. The van der Waals surface area contributed by atoms with Crippen molar-refractivity contribution in [1.29, 1.82) is 0 Å². The molecular formula is C32H30N4O5S. The molecule has 1 unspecified atom stereocenters. The SMILES string of the molecule is COc1ccc(NC(=O)C(C(C)C)N(Cc2nc(-c3ccccc3)cs2)C(=O)CN2C(=O)C(=O)c3ccccc32)cc1. The number of anilines is 2. The van der Waals surface area contributed by atoms with Crippen LogP contribution in [0, 0.1) is 5.92 Å². The number of carbonyl (C=O) groups excluding carboxylic acids is 4. The monoisotopic (exact) mass is 582 g/mol. The zero-order valence-corrected chi connectivity index (χ0v) is 24.3. The van der Waals surface area contributed by atoms with E-state index >= 15 is 0 Å². The van der Waals surface area contributed by atoms with Crippen LogP contribution in [0.1, 0.15) is 29.2 Å². The summed E-state index contributed by atoms with van der Waals surface area (Å²) in [6, 6.07) is 22.3. The average Bonchev–Trinajstić information content (AvgIpc) is 3.56. The van der Waals surface area contributed by atoms with Crippen molar-refractivity contribution >= 4 is 46.2 Å². The van der Waals surface area contributed by atoms with Gasteiger partial charge in [-0.1, -0.05) is 56.3 Å². The minimum atomic E-state index is -0.896. The van der Waals surface area contributed by atoms with Crippen molar-refractivity contribution in [1.82, 2.24) is 9.88 Å². The van der Waals surface area contributed by atoms with E-state index in [0.717, 1.165) is 11.3 Å². The van der Waals surface area contributed by atoms with Crippen LogP contribution in [-0.2, 0) is 20.9 Å². The van der Waals surface area contributed by atoms with E-state index in [1.807, 2.05) is 49.6 Å². The molecule has 1 aromatic heterocycles. The summed E-state index contributed by atoms with van der Waals surface area (Å²) < 4.78 is 5.21. The van der Waals surface area contributed by atoms with Crippen molar-refractivity contribution in [3.8, 4) is 17.0 Å². The van der Waals surface area contributed by atoms with Crippen molar-refractivity contribution in [2.24, 2.45) is 5.92 Å². The molecule has 1 aliphatic rings. The number of hydrogen-bond acceptors (Lipinski definition) is 7. The average molecular weight is 583 g/mol. The van der Waals surface area contributed by atoms with E-state index in [2.05, 4.69) is 5.32 Å². The van der Waals surface area contributed by atoms with Gasteiger partial charge in [0.05, 0.1) is 30.6 Å². The topological polar surface area (TPSA) is 109 Å². The molecule has 2 heterocycles. The van der Waals surface area contributed by atoms with E-state index in [1.54, 1.807) is 55.6 Å². The number of ether oxygens (including phenoxy) is 1. The van der Waals surface area contributed by atoms with Crippen LogP contribution in [-0.4, -0.2) is 53.1 Å². The Hall–Kier alpha value is -4.83. The van der Waals surface area contributed by atoms with Gasteiger partial charge in [-0.05, 0) is 42.3 Å². The zero-order chi connectivity index (χ0) is 29.8. The van der Waals surface area contributed by atoms with Crippen LogP contribution in [0.15, 0.2) is 84.2 Å². The van der Waals surface area contributed by atoms with Crippen LogP contribution in [0.25, 0.3) is 11.3 Å². The lowest BCUT2D eigenvalue weighted by atomic mass is 10.0. The number of methoxy groups -OCH3 is 1. The van der Waals surface area contributed by atoms with E-state index in [1.165, 1.54) is 21.1 Å². The molecule has 42 heavy (non-hydrogen) atoms. The molecule has 10 heteroatoms. The van der Waals surface area contributed by atoms with E-state index in [9.17, 15) is 19.2 Å². The molecule has 0 radical (unpaired) electrons. The molecular weight excluding hydrogens is 552 g/mol. The molecule has 4 aromatic rings. The molecule has 214 valence electrons. The maximum atomic E-state index is 14.0. The Labute approximate surface area is 247 Å². The highest BCUT2D eigenvalue weighted by atomic mass is 32.1. The second-order valence-electron chi connectivity index (χ2n) is 10.2. The molecule has 1 atom stereocenters. The second-order valence-corrected chi connectivity index (χ2v) is 11.1. The first-order chi connectivity index (χ1) is 20.3. The number of benzene rings is 3. The molecule has 0 spiro atoms. The number of hydrogen-bond donors (Lipinski definition) is 1. The summed E-state index contributed by atoms with van der Waals surface area (Å²) in [5.41, 5.74) is 2.89. The van der Waals surface area contributed by atoms with Gasteiger partial charge in [-0.25, -0.2) is 4.98 Å². The Morgan fingerprint density at radius 2 is 1.67 bits per heavy atom. The number of carbonyl (C=O) groups is 4. The molecule has 1 N–H and O–H groups in total. The fourth-order valence-electron chi connectivity index (χ4n) is 4.94. The first kappa shape index (κ1) is 28.7. The molecule has 3 aromatic carbocycles. The first-order valence-electron chi connectivity index (χ1n) is 13.5. The number of para-hydroxylation sites is 1. The summed E-state index contributed by atoms with van der Waals surface area (Å²) >= 11 is 1.39. The quantitative estimate of drug-likeness (QED) is 0.263. The van der Waals surface area contributed by atoms with Crippen LogP contribution in [0.5, 0.6) is 5.75 Å². The Morgan fingerprint density at radius 3 is 2.36 bits per heavy atom. The predicted octanol–water partition coefficient (Wildman–Crippen LogP) is 5.04. The van der Waals surface area contributed by atoms with Gasteiger partial charge in [-0.3, -0.25) is 24.1 Å². The number of thiazole rings is 1. The largest absolute Gasteiger partial charge is 0.497 e. The van der Waals surface area contributed by atoms with Crippen molar-refractivity contribution in [3.63, 3.8) is 0 Å². The highest BCUT2D eigenvalue weighted by molar-refractivity contribution is 7.09. The Morgan fingerprint density at radius 1 is 0.976 bits per heavy atom. The van der Waals surface area contributed by atoms with E-state index in [-0.39, 0.29) is 23.9 Å². The molecule has 0 aliphatic carbocycles. The summed E-state index contributed by atoms with van der Waals surface area (Å²) in [5, 5.41) is 5.46. The van der Waals surface area contributed by atoms with Gasteiger partial charge in [-0.2, -0.15) is 0 Å². The third-order valence-electron chi connectivity index (χ3n) is 7.01. The van der Waals surface area contributed by atoms with Crippen molar-refractivity contribution in [2.45, 2.75) is 26.4 Å². The number of fused-ring (bicyclic) bond motifs is 1. The van der Waals surface area contributed by atoms with Crippen molar-refractivity contribution in [2.75, 3.05) is 23.9 Å². The van der Waals surface area contributed by atoms with Gasteiger partial charge in [0.25, 0.3) is 11.7 Å². The number of aromatic nitrogens is 1. The summed E-state index contributed by atoms with van der Waals surface area (Å²) in [6.07, 6.45) is 0. The molecule has 3 amide bonds. The molecule has 0 saturated carbocycles. The molecule has 9 nitrogen and oxygen atoms in total. The standard InChI is InChI=1S/C32H30N4O5S/c1-20(2)29(31(39)33-22-13-15-23(41-3)16-14-22)36(17-27-34-25(19-42-27)21-9-5-4-6-10-21)28(37)18-35-26-12-8-7-11-24(26)30(38)32(35)40/h4-16,19-20,29H,17-18H2,1-3H3,(H,33,39). The van der Waals surface area contributed by atoms with Gasteiger partial charge < -0.3 is 15.0 Å². The van der Waals surface area contributed by atoms with Crippen LogP contribution in [0.3, 0.4) is 0 Å². The Kier molecular flexibility index (Phi) is 8.44. The number of rotatable bonds is 10. The van der Waals surface area contributed by atoms with Gasteiger partial charge in [0, 0.05) is 16.6 Å². The maximum absolute atomic E-state index is 14.0. The molecule has 0 saturated heterocycles. The number of nitrogens with zero attached hydrogens (tertiary/aromatic N) is 3. The second kappa shape index (κ2) is 12.4. The molecule has 0 bridgehead atoms. The van der Waals surface area contributed by atoms with Gasteiger partial charge in [0.1, 0.15) is 23.3 Å². The third kappa shape index (κ3) is 5.94. The highest BCUT2D eigenvalue weighted by Crippen LogP contribution is 2.30. The van der Waals surface area contributed by atoms with Crippen molar-refractivity contribution in [3.05, 3.63) is 94.8 Å². The number of Topliss-reactive ketones (excluding diaryl/α,β-unsaturated/α-hetero) is 1. The van der Waals surface area contributed by atoms with E-state index < -0.39 is 30.2 Å². The van der Waals surface area contributed by atoms with Crippen LogP contribution >= 0.6 is 11.3 Å². The van der Waals surface area contributed by atoms with Gasteiger partial charge in [0.2, 0.25) is 11.8 Å². The lowest BCUT2D eigenvalue weighted by molar-refractivity contribution is -0.140. The van der Waals surface area contributed by atoms with Crippen LogP contribution < -0.4 is 15.0 Å². The lowest BCUT2D eigenvalue weighted by Crippen LogP contribution is -2.53. The first-order valence-corrected chi connectivity index (χ1v) is 14.3. The van der Waals surface area contributed by atoms with Gasteiger partial charge in [-0.15, -0.1) is 11.3 Å². The number of ketones is 1. The van der Waals surface area contributed by atoms with E-state index in [0.29, 0.717) is 22.1 Å². The van der Waals surface area contributed by atoms with Crippen molar-refractivity contribution < 1.29 is 23.9 Å². The molecule has 1 aliphatic heterocycles. The Balaban J connectivity index is 1.46. The minimum absolute atomic E-state index is 0.0484. The van der Waals surface area contributed by atoms with Gasteiger partial charge >= 0.3 is 0 Å². The van der Waals surface area contributed by atoms with Crippen LogP contribution in [0.2, 0.25) is 0 Å². The minimum Gasteiger partial charge on any atom is -0.497 e. The molecule has 5 rings (SSSR count). The summed E-state index contributed by atoms with van der Waals surface area (Å²) in [7, 11) is 1.56.